The summed E-state index contributed by atoms with van der Waals surface area (Å²) in [6.45, 7) is 3.69. The van der Waals surface area contributed by atoms with Crippen LogP contribution in [0.4, 0.5) is 0 Å². The Morgan fingerprint density at radius 3 is 2.91 bits per heavy atom. The third-order valence-electron chi connectivity index (χ3n) is 3.26. The van der Waals surface area contributed by atoms with E-state index in [-0.39, 0.29) is 25.0 Å². The van der Waals surface area contributed by atoms with E-state index < -0.39 is 5.97 Å². The lowest BCUT2D eigenvalue weighted by Gasteiger charge is -2.12. The number of carbonyl (C=O) groups is 2. The van der Waals surface area contributed by atoms with Gasteiger partial charge in [0, 0.05) is 11.4 Å². The number of aromatic nitrogens is 1. The molecule has 6 heteroatoms. The van der Waals surface area contributed by atoms with Crippen molar-refractivity contribution < 1.29 is 18.8 Å². The second-order valence-corrected chi connectivity index (χ2v) is 5.22. The summed E-state index contributed by atoms with van der Waals surface area (Å²) < 4.78 is 10.1. The van der Waals surface area contributed by atoms with Crippen LogP contribution in [0.2, 0.25) is 0 Å². The number of hydrogen-bond acceptors (Lipinski definition) is 5. The molecule has 118 valence electrons. The highest BCUT2D eigenvalue weighted by atomic mass is 16.5. The highest BCUT2D eigenvalue weighted by Gasteiger charge is 2.15. The van der Waals surface area contributed by atoms with Crippen molar-refractivity contribution in [2.75, 3.05) is 6.61 Å². The number of para-hydroxylation sites is 1. The van der Waals surface area contributed by atoms with Gasteiger partial charge in [-0.05, 0) is 25.5 Å². The molecule has 22 heavy (non-hydrogen) atoms. The molecule has 0 saturated heterocycles. The van der Waals surface area contributed by atoms with Gasteiger partial charge < -0.3 is 14.6 Å². The highest BCUT2D eigenvalue weighted by molar-refractivity contribution is 5.85. The number of nitrogens with zero attached hydrogens (tertiary/aromatic N) is 1. The fourth-order valence-electron chi connectivity index (χ4n) is 2.22. The first-order valence-corrected chi connectivity index (χ1v) is 7.38. The summed E-state index contributed by atoms with van der Waals surface area (Å²) in [5, 5.41) is 7.41. The SMILES string of the molecule is CCC[C@H](C)NC(=O)COC(=O)Cc1noc2ccccc12. The van der Waals surface area contributed by atoms with Gasteiger partial charge in [0.1, 0.15) is 5.69 Å². The van der Waals surface area contributed by atoms with E-state index in [4.69, 9.17) is 9.26 Å². The van der Waals surface area contributed by atoms with E-state index in [9.17, 15) is 9.59 Å². The summed E-state index contributed by atoms with van der Waals surface area (Å²) in [4.78, 5) is 23.4. The predicted octanol–water partition coefficient (Wildman–Crippen LogP) is 2.22. The molecular formula is C16H20N2O4. The topological polar surface area (TPSA) is 81.4 Å². The lowest BCUT2D eigenvalue weighted by molar-refractivity contribution is -0.148. The van der Waals surface area contributed by atoms with Gasteiger partial charge >= 0.3 is 5.97 Å². The van der Waals surface area contributed by atoms with Crippen LogP contribution in [-0.2, 0) is 20.7 Å². The Morgan fingerprint density at radius 1 is 1.36 bits per heavy atom. The third kappa shape index (κ3) is 4.31. The summed E-state index contributed by atoms with van der Waals surface area (Å²) in [7, 11) is 0. The first-order chi connectivity index (χ1) is 10.6. The molecule has 2 rings (SSSR count). The van der Waals surface area contributed by atoms with Crippen LogP contribution in [0.1, 0.15) is 32.4 Å². The van der Waals surface area contributed by atoms with Crippen LogP contribution in [0.15, 0.2) is 28.8 Å². The Labute approximate surface area is 128 Å². The second-order valence-electron chi connectivity index (χ2n) is 5.22. The van der Waals surface area contributed by atoms with Crippen molar-refractivity contribution in [1.29, 1.82) is 0 Å². The minimum atomic E-state index is -0.502. The molecule has 6 nitrogen and oxygen atoms in total. The standard InChI is InChI=1S/C16H20N2O4/c1-3-6-11(2)17-15(19)10-21-16(20)9-13-12-7-4-5-8-14(12)22-18-13/h4-5,7-8,11H,3,6,9-10H2,1-2H3,(H,17,19)/t11-/m0/s1. The average molecular weight is 304 g/mol. The fraction of sp³-hybridized carbons (Fsp3) is 0.438. The van der Waals surface area contributed by atoms with Crippen LogP contribution < -0.4 is 5.32 Å². The summed E-state index contributed by atoms with van der Waals surface area (Å²) in [6.07, 6.45) is 1.86. The quantitative estimate of drug-likeness (QED) is 0.793. The van der Waals surface area contributed by atoms with Gasteiger partial charge in [-0.3, -0.25) is 9.59 Å². The first-order valence-electron chi connectivity index (χ1n) is 7.38. The van der Waals surface area contributed by atoms with Gasteiger partial charge in [0.05, 0.1) is 6.42 Å². The zero-order valence-corrected chi connectivity index (χ0v) is 12.8. The number of amides is 1. The van der Waals surface area contributed by atoms with E-state index in [0.29, 0.717) is 11.3 Å². The normalized spacial score (nSPS) is 12.1. The smallest absolute Gasteiger partial charge is 0.312 e. The van der Waals surface area contributed by atoms with Crippen LogP contribution in [0.25, 0.3) is 11.0 Å². The fourth-order valence-corrected chi connectivity index (χ4v) is 2.22. The van der Waals surface area contributed by atoms with Gasteiger partial charge in [-0.2, -0.15) is 0 Å². The van der Waals surface area contributed by atoms with Crippen LogP contribution >= 0.6 is 0 Å². The van der Waals surface area contributed by atoms with Gasteiger partial charge in [0.25, 0.3) is 5.91 Å². The molecule has 0 saturated carbocycles. The monoisotopic (exact) mass is 304 g/mol. The van der Waals surface area contributed by atoms with Gasteiger partial charge in [-0.15, -0.1) is 0 Å². The number of esters is 1. The van der Waals surface area contributed by atoms with Crippen molar-refractivity contribution in [2.45, 2.75) is 39.2 Å². The van der Waals surface area contributed by atoms with Crippen LogP contribution in [0.5, 0.6) is 0 Å². The molecule has 0 bridgehead atoms. The Morgan fingerprint density at radius 2 is 2.14 bits per heavy atom. The van der Waals surface area contributed by atoms with Crippen LogP contribution in [0, 0.1) is 0 Å². The maximum Gasteiger partial charge on any atom is 0.312 e. The van der Waals surface area contributed by atoms with E-state index in [1.807, 2.05) is 32.0 Å². The van der Waals surface area contributed by atoms with Gasteiger partial charge in [0.15, 0.2) is 12.2 Å². The lowest BCUT2D eigenvalue weighted by Crippen LogP contribution is -2.35. The number of nitrogens with one attached hydrogen (secondary N) is 1. The molecule has 0 fully saturated rings. The number of fused-ring (bicyclic) bond motifs is 1. The largest absolute Gasteiger partial charge is 0.455 e. The van der Waals surface area contributed by atoms with E-state index in [1.54, 1.807) is 6.07 Å². The molecule has 1 heterocycles. The number of carbonyl (C=O) groups excluding carboxylic acids is 2. The van der Waals surface area contributed by atoms with Crippen molar-refractivity contribution >= 4 is 22.8 Å². The minimum Gasteiger partial charge on any atom is -0.455 e. The van der Waals surface area contributed by atoms with Crippen molar-refractivity contribution in [2.24, 2.45) is 0 Å². The molecule has 1 aromatic heterocycles. The Kier molecular flexibility index (Phi) is 5.52. The molecule has 1 atom stereocenters. The van der Waals surface area contributed by atoms with Crippen molar-refractivity contribution in [3.63, 3.8) is 0 Å². The predicted molar refractivity (Wildman–Crippen MR) is 81.2 cm³/mol. The summed E-state index contributed by atoms with van der Waals surface area (Å²) in [6, 6.07) is 7.36. The molecule has 0 unspecified atom stereocenters. The molecule has 0 aliphatic heterocycles. The van der Waals surface area contributed by atoms with Gasteiger partial charge in [0.2, 0.25) is 0 Å². The Bertz CT molecular complexity index is 650. The van der Waals surface area contributed by atoms with E-state index in [0.717, 1.165) is 18.2 Å². The molecular weight excluding hydrogens is 284 g/mol. The minimum absolute atomic E-state index is 0.0190. The third-order valence-corrected chi connectivity index (χ3v) is 3.26. The second kappa shape index (κ2) is 7.59. The first kappa shape index (κ1) is 16.0. The molecule has 1 N–H and O–H groups in total. The van der Waals surface area contributed by atoms with Crippen LogP contribution in [0.3, 0.4) is 0 Å². The van der Waals surface area contributed by atoms with E-state index in [2.05, 4.69) is 10.5 Å². The summed E-state index contributed by atoms with van der Waals surface area (Å²) >= 11 is 0. The molecule has 0 radical (unpaired) electrons. The number of ether oxygens (including phenoxy) is 1. The van der Waals surface area contributed by atoms with E-state index in [1.165, 1.54) is 0 Å². The van der Waals surface area contributed by atoms with E-state index >= 15 is 0 Å². The molecule has 1 aromatic carbocycles. The summed E-state index contributed by atoms with van der Waals surface area (Å²) in [5.41, 5.74) is 1.14. The molecule has 2 aromatic rings. The summed E-state index contributed by atoms with van der Waals surface area (Å²) in [5.74, 6) is -0.795. The van der Waals surface area contributed by atoms with Crippen molar-refractivity contribution in [3.05, 3.63) is 30.0 Å². The number of rotatable bonds is 7. The Hall–Kier alpha value is -2.37. The highest BCUT2D eigenvalue weighted by Crippen LogP contribution is 2.18. The lowest BCUT2D eigenvalue weighted by atomic mass is 10.2. The molecule has 0 aliphatic rings. The molecule has 0 spiro atoms. The number of benzene rings is 1. The zero-order valence-electron chi connectivity index (χ0n) is 12.8. The maximum atomic E-state index is 11.8. The average Bonchev–Trinajstić information content (AvgIpc) is 2.89. The van der Waals surface area contributed by atoms with Crippen molar-refractivity contribution in [1.82, 2.24) is 10.5 Å². The molecule has 0 aliphatic carbocycles. The zero-order chi connectivity index (χ0) is 15.9. The Balaban J connectivity index is 1.82. The van der Waals surface area contributed by atoms with Crippen molar-refractivity contribution in [3.8, 4) is 0 Å². The molecule has 1 amide bonds. The van der Waals surface area contributed by atoms with Crippen LogP contribution in [-0.4, -0.2) is 29.7 Å². The van der Waals surface area contributed by atoms with Gasteiger partial charge in [-0.25, -0.2) is 0 Å². The maximum absolute atomic E-state index is 11.8. The number of hydrogen-bond donors (Lipinski definition) is 1. The van der Waals surface area contributed by atoms with Gasteiger partial charge in [-0.1, -0.05) is 30.6 Å².